The average molecular weight is 352 g/mol. The third kappa shape index (κ3) is 4.24. The first-order valence-corrected chi connectivity index (χ1v) is 8.33. The van der Waals surface area contributed by atoms with Gasteiger partial charge in [0.1, 0.15) is 0 Å². The summed E-state index contributed by atoms with van der Waals surface area (Å²) in [6, 6.07) is 1.99. The Morgan fingerprint density at radius 2 is 2.23 bits per heavy atom. The van der Waals surface area contributed by atoms with Crippen LogP contribution in [0.3, 0.4) is 0 Å². The first-order chi connectivity index (χ1) is 12.5. The highest BCUT2D eigenvalue weighted by Crippen LogP contribution is 2.29. The minimum Gasteiger partial charge on any atom is -0.402 e. The molecular formula is C19H24N6O. The van der Waals surface area contributed by atoms with E-state index in [9.17, 15) is 4.79 Å². The number of carbonyl (C=O) groups is 1. The number of amides is 1. The number of pyridine rings is 1. The molecule has 5 N–H and O–H groups in total. The molecule has 2 rings (SSSR count). The summed E-state index contributed by atoms with van der Waals surface area (Å²) >= 11 is 0. The molecule has 2 aromatic heterocycles. The molecule has 0 aliphatic heterocycles. The molecule has 0 aliphatic carbocycles. The van der Waals surface area contributed by atoms with Gasteiger partial charge in [0, 0.05) is 40.9 Å². The van der Waals surface area contributed by atoms with Crippen molar-refractivity contribution in [1.82, 2.24) is 20.5 Å². The van der Waals surface area contributed by atoms with Gasteiger partial charge in [0.25, 0.3) is 0 Å². The number of aryl methyl sites for hydroxylation is 1. The number of H-pyrrole nitrogens is 1. The number of aromatic nitrogens is 3. The number of allylic oxidation sites excluding steroid dienone is 2. The Morgan fingerprint density at radius 3 is 2.85 bits per heavy atom. The van der Waals surface area contributed by atoms with Gasteiger partial charge in [-0.15, -0.1) is 0 Å². The maximum absolute atomic E-state index is 10.6. The van der Waals surface area contributed by atoms with Crippen LogP contribution in [0.15, 0.2) is 30.7 Å². The molecule has 0 radical (unpaired) electrons. The highest BCUT2D eigenvalue weighted by Gasteiger charge is 2.14. The number of aromatic amines is 1. The number of rotatable bonds is 9. The van der Waals surface area contributed by atoms with E-state index in [0.29, 0.717) is 23.4 Å². The molecule has 0 aliphatic rings. The van der Waals surface area contributed by atoms with Crippen molar-refractivity contribution >= 4 is 24.3 Å². The third-order valence-electron chi connectivity index (χ3n) is 4.20. The van der Waals surface area contributed by atoms with Crippen LogP contribution in [0.5, 0.6) is 0 Å². The molecule has 0 aromatic carbocycles. The highest BCUT2D eigenvalue weighted by molar-refractivity contribution is 6.08. The molecular weight excluding hydrogens is 328 g/mol. The second-order valence-electron chi connectivity index (χ2n) is 6.09. The van der Waals surface area contributed by atoms with Crippen LogP contribution in [0.1, 0.15) is 37.2 Å². The van der Waals surface area contributed by atoms with E-state index in [0.717, 1.165) is 35.2 Å². The zero-order valence-electron chi connectivity index (χ0n) is 15.0. The topological polar surface area (TPSA) is 121 Å². The Hall–Kier alpha value is -3.22. The molecule has 2 heterocycles. The van der Waals surface area contributed by atoms with E-state index in [1.165, 1.54) is 6.21 Å². The fourth-order valence-electron chi connectivity index (χ4n) is 2.72. The zero-order chi connectivity index (χ0) is 19.1. The Morgan fingerprint density at radius 1 is 1.46 bits per heavy atom. The molecule has 0 spiro atoms. The van der Waals surface area contributed by atoms with Gasteiger partial charge in [-0.05, 0) is 44.4 Å². The third-order valence-corrected chi connectivity index (χ3v) is 4.20. The Kier molecular flexibility index (Phi) is 6.43. The normalized spacial score (nSPS) is 12.8. The number of nitrogens with two attached hydrogens (primary N) is 1. The monoisotopic (exact) mass is 352 g/mol. The van der Waals surface area contributed by atoms with Gasteiger partial charge in [-0.2, -0.15) is 5.10 Å². The van der Waals surface area contributed by atoms with Crippen molar-refractivity contribution in [3.05, 3.63) is 47.7 Å². The SMILES string of the molecule is C=Cc1[nH]ncc1-c1cnc(C(C=N)=C(C)N)cc1CCC(C)NC=O. The summed E-state index contributed by atoms with van der Waals surface area (Å²) in [5.41, 5.74) is 11.4. The predicted molar refractivity (Wildman–Crippen MR) is 104 cm³/mol. The van der Waals surface area contributed by atoms with Crippen molar-refractivity contribution < 1.29 is 4.79 Å². The largest absolute Gasteiger partial charge is 0.402 e. The minimum absolute atomic E-state index is 0.0502. The number of hydrogen-bond donors (Lipinski definition) is 4. The highest BCUT2D eigenvalue weighted by atomic mass is 16.1. The maximum atomic E-state index is 10.6. The van der Waals surface area contributed by atoms with E-state index >= 15 is 0 Å². The van der Waals surface area contributed by atoms with E-state index in [1.54, 1.807) is 25.4 Å². The summed E-state index contributed by atoms with van der Waals surface area (Å²) in [5, 5.41) is 17.4. The summed E-state index contributed by atoms with van der Waals surface area (Å²) in [5.74, 6) is 0. The van der Waals surface area contributed by atoms with Crippen molar-refractivity contribution in [3.8, 4) is 11.1 Å². The maximum Gasteiger partial charge on any atom is 0.207 e. The molecule has 0 saturated heterocycles. The quantitative estimate of drug-likeness (QED) is 0.409. The predicted octanol–water partition coefficient (Wildman–Crippen LogP) is 2.52. The number of nitrogens with zero attached hydrogens (tertiary/aromatic N) is 2. The van der Waals surface area contributed by atoms with Crippen molar-refractivity contribution in [3.63, 3.8) is 0 Å². The van der Waals surface area contributed by atoms with Crippen LogP contribution in [-0.2, 0) is 11.2 Å². The zero-order valence-corrected chi connectivity index (χ0v) is 15.0. The molecule has 1 atom stereocenters. The van der Waals surface area contributed by atoms with Crippen molar-refractivity contribution in [1.29, 1.82) is 5.41 Å². The molecule has 0 bridgehead atoms. The lowest BCUT2D eigenvalue weighted by Crippen LogP contribution is -2.24. The van der Waals surface area contributed by atoms with Crippen molar-refractivity contribution in [2.24, 2.45) is 5.73 Å². The fourth-order valence-corrected chi connectivity index (χ4v) is 2.72. The van der Waals surface area contributed by atoms with Crippen LogP contribution in [0, 0.1) is 5.41 Å². The first-order valence-electron chi connectivity index (χ1n) is 8.33. The lowest BCUT2D eigenvalue weighted by molar-refractivity contribution is -0.110. The van der Waals surface area contributed by atoms with Crippen LogP contribution in [-0.4, -0.2) is 33.8 Å². The summed E-state index contributed by atoms with van der Waals surface area (Å²) in [7, 11) is 0. The second kappa shape index (κ2) is 8.75. The molecule has 0 saturated carbocycles. The standard InChI is InChI=1S/C19H24N6O/c1-4-18-17(10-24-25-18)16-9-22-19(15(8-20)13(3)21)7-14(16)6-5-12(2)23-11-26/h4,7-12,20H,1,5-6,21H2,2-3H3,(H,23,26)(H,24,25). The van der Waals surface area contributed by atoms with Crippen LogP contribution >= 0.6 is 0 Å². The van der Waals surface area contributed by atoms with E-state index in [2.05, 4.69) is 27.1 Å². The van der Waals surface area contributed by atoms with Crippen molar-refractivity contribution in [2.75, 3.05) is 0 Å². The fraction of sp³-hybridized carbons (Fsp3) is 0.263. The van der Waals surface area contributed by atoms with Gasteiger partial charge < -0.3 is 16.5 Å². The molecule has 7 nitrogen and oxygen atoms in total. The van der Waals surface area contributed by atoms with Crippen LogP contribution < -0.4 is 11.1 Å². The van der Waals surface area contributed by atoms with Crippen LogP contribution in [0.4, 0.5) is 0 Å². The van der Waals surface area contributed by atoms with Gasteiger partial charge in [0.05, 0.1) is 17.6 Å². The Labute approximate surface area is 152 Å². The van der Waals surface area contributed by atoms with Gasteiger partial charge in [-0.1, -0.05) is 6.58 Å². The van der Waals surface area contributed by atoms with E-state index in [1.807, 2.05) is 13.0 Å². The minimum atomic E-state index is 0.0502. The summed E-state index contributed by atoms with van der Waals surface area (Å²) in [6.07, 6.45) is 8.64. The molecule has 1 unspecified atom stereocenters. The molecule has 2 aromatic rings. The first kappa shape index (κ1) is 19.1. The van der Waals surface area contributed by atoms with Gasteiger partial charge in [0.2, 0.25) is 6.41 Å². The summed E-state index contributed by atoms with van der Waals surface area (Å²) in [6.45, 7) is 7.51. The van der Waals surface area contributed by atoms with Gasteiger partial charge >= 0.3 is 0 Å². The van der Waals surface area contributed by atoms with Gasteiger partial charge in [0.15, 0.2) is 0 Å². The van der Waals surface area contributed by atoms with Crippen LogP contribution in [0.25, 0.3) is 22.8 Å². The Bertz CT molecular complexity index is 832. The van der Waals surface area contributed by atoms with Gasteiger partial charge in [-0.3, -0.25) is 14.9 Å². The lowest BCUT2D eigenvalue weighted by Gasteiger charge is -2.14. The molecule has 0 fully saturated rings. The number of hydrogen-bond acceptors (Lipinski definition) is 5. The average Bonchev–Trinajstić information content (AvgIpc) is 3.09. The molecule has 26 heavy (non-hydrogen) atoms. The molecule has 136 valence electrons. The van der Waals surface area contributed by atoms with E-state index in [4.69, 9.17) is 11.1 Å². The molecule has 1 amide bonds. The summed E-state index contributed by atoms with van der Waals surface area (Å²) in [4.78, 5) is 15.1. The number of carbonyl (C=O) groups excluding carboxylic acids is 1. The lowest BCUT2D eigenvalue weighted by atomic mass is 9.95. The smallest absolute Gasteiger partial charge is 0.207 e. The Balaban J connectivity index is 2.50. The van der Waals surface area contributed by atoms with Crippen LogP contribution in [0.2, 0.25) is 0 Å². The van der Waals surface area contributed by atoms with E-state index < -0.39 is 0 Å². The second-order valence-corrected chi connectivity index (χ2v) is 6.09. The van der Waals surface area contributed by atoms with E-state index in [-0.39, 0.29) is 6.04 Å². The van der Waals surface area contributed by atoms with Gasteiger partial charge in [-0.25, -0.2) is 0 Å². The van der Waals surface area contributed by atoms with Crippen molar-refractivity contribution in [2.45, 2.75) is 32.7 Å². The molecule has 7 heteroatoms. The number of nitrogens with one attached hydrogen (secondary N) is 3. The summed E-state index contributed by atoms with van der Waals surface area (Å²) < 4.78 is 0.